The quantitative estimate of drug-likeness (QED) is 0.811. The van der Waals surface area contributed by atoms with Gasteiger partial charge in [0.15, 0.2) is 5.13 Å². The molecule has 0 saturated heterocycles. The van der Waals surface area contributed by atoms with Gasteiger partial charge in [0.1, 0.15) is 0 Å². The van der Waals surface area contributed by atoms with Crippen LogP contribution in [0.2, 0.25) is 0 Å². The van der Waals surface area contributed by atoms with Crippen LogP contribution in [0.3, 0.4) is 0 Å². The second-order valence-electron chi connectivity index (χ2n) is 4.58. The molecular formula is C14H18N4OS. The number of rotatable bonds is 7. The van der Waals surface area contributed by atoms with Crippen LogP contribution in [0.1, 0.15) is 16.9 Å². The summed E-state index contributed by atoms with van der Waals surface area (Å²) in [5.74, 6) is -0.285. The van der Waals surface area contributed by atoms with Gasteiger partial charge in [0.25, 0.3) is 0 Å². The number of carbonyl (C=O) groups is 1. The maximum atomic E-state index is 11.0. The lowest BCUT2D eigenvalue weighted by Crippen LogP contribution is -2.27. The number of hydrogen-bond acceptors (Lipinski definition) is 5. The molecule has 0 atom stereocenters. The second kappa shape index (κ2) is 7.02. The topological polar surface area (TPSA) is 85.2 Å². The van der Waals surface area contributed by atoms with Crippen molar-refractivity contribution in [2.75, 3.05) is 12.3 Å². The van der Waals surface area contributed by atoms with Gasteiger partial charge in [-0.1, -0.05) is 30.3 Å². The fourth-order valence-electron chi connectivity index (χ4n) is 1.94. The first-order valence-electron chi connectivity index (χ1n) is 6.38. The summed E-state index contributed by atoms with van der Waals surface area (Å²) in [7, 11) is 0. The summed E-state index contributed by atoms with van der Waals surface area (Å²) < 4.78 is 0. The first-order valence-corrected chi connectivity index (χ1v) is 7.20. The zero-order valence-electron chi connectivity index (χ0n) is 11.2. The van der Waals surface area contributed by atoms with Gasteiger partial charge >= 0.3 is 0 Å². The summed E-state index contributed by atoms with van der Waals surface area (Å²) in [6.07, 6.45) is 2.13. The molecule has 0 bridgehead atoms. The smallest absolute Gasteiger partial charge is 0.218 e. The van der Waals surface area contributed by atoms with E-state index in [-0.39, 0.29) is 5.91 Å². The molecule has 1 amide bonds. The van der Waals surface area contributed by atoms with Crippen molar-refractivity contribution in [1.82, 2.24) is 9.88 Å². The van der Waals surface area contributed by atoms with Crippen molar-refractivity contribution in [2.24, 2.45) is 5.73 Å². The summed E-state index contributed by atoms with van der Waals surface area (Å²) in [6.45, 7) is 2.12. The Balaban J connectivity index is 2.01. The van der Waals surface area contributed by atoms with Crippen molar-refractivity contribution in [2.45, 2.75) is 19.5 Å². The van der Waals surface area contributed by atoms with E-state index < -0.39 is 0 Å². The van der Waals surface area contributed by atoms with E-state index in [4.69, 9.17) is 11.5 Å². The number of benzene rings is 1. The summed E-state index contributed by atoms with van der Waals surface area (Å²) in [5.41, 5.74) is 12.1. The van der Waals surface area contributed by atoms with Gasteiger partial charge in [-0.3, -0.25) is 9.69 Å². The number of anilines is 1. The zero-order chi connectivity index (χ0) is 14.4. The maximum absolute atomic E-state index is 11.0. The minimum atomic E-state index is -0.285. The normalized spacial score (nSPS) is 10.8. The Kier molecular flexibility index (Phi) is 5.09. The van der Waals surface area contributed by atoms with E-state index in [1.165, 1.54) is 16.9 Å². The van der Waals surface area contributed by atoms with E-state index in [1.54, 1.807) is 6.20 Å². The van der Waals surface area contributed by atoms with E-state index in [0.717, 1.165) is 18.0 Å². The van der Waals surface area contributed by atoms with Gasteiger partial charge in [-0.05, 0) is 5.56 Å². The van der Waals surface area contributed by atoms with Crippen LogP contribution in [0.15, 0.2) is 36.5 Å². The molecule has 1 aromatic heterocycles. The van der Waals surface area contributed by atoms with Gasteiger partial charge in [-0.15, -0.1) is 11.3 Å². The Morgan fingerprint density at radius 3 is 2.60 bits per heavy atom. The number of aromatic nitrogens is 1. The Morgan fingerprint density at radius 2 is 2.00 bits per heavy atom. The van der Waals surface area contributed by atoms with E-state index in [9.17, 15) is 4.79 Å². The summed E-state index contributed by atoms with van der Waals surface area (Å²) >= 11 is 1.47. The molecular weight excluding hydrogens is 272 g/mol. The lowest BCUT2D eigenvalue weighted by Gasteiger charge is -2.20. The Morgan fingerprint density at radius 1 is 1.25 bits per heavy atom. The second-order valence-corrected chi connectivity index (χ2v) is 5.72. The number of amides is 1. The largest absolute Gasteiger partial charge is 0.375 e. The molecule has 0 aliphatic heterocycles. The number of primary amides is 1. The van der Waals surface area contributed by atoms with Crippen LogP contribution in [0.4, 0.5) is 5.13 Å². The van der Waals surface area contributed by atoms with Crippen LogP contribution in [-0.2, 0) is 17.9 Å². The van der Waals surface area contributed by atoms with Gasteiger partial charge in [0.2, 0.25) is 5.91 Å². The SMILES string of the molecule is NC(=O)CCN(Cc1ccccc1)Cc1cnc(N)s1. The first kappa shape index (κ1) is 14.5. The molecule has 0 aliphatic rings. The van der Waals surface area contributed by atoms with Gasteiger partial charge in [0, 0.05) is 37.1 Å². The van der Waals surface area contributed by atoms with Gasteiger partial charge in [0.05, 0.1) is 0 Å². The predicted molar refractivity (Wildman–Crippen MR) is 80.9 cm³/mol. The number of nitrogen functional groups attached to an aromatic ring is 1. The molecule has 1 heterocycles. The minimum Gasteiger partial charge on any atom is -0.375 e. The lowest BCUT2D eigenvalue weighted by molar-refractivity contribution is -0.118. The molecule has 5 nitrogen and oxygen atoms in total. The molecule has 1 aromatic carbocycles. The first-order chi connectivity index (χ1) is 9.63. The van der Waals surface area contributed by atoms with E-state index in [2.05, 4.69) is 22.0 Å². The third kappa shape index (κ3) is 4.64. The molecule has 0 fully saturated rings. The molecule has 0 saturated carbocycles. The average Bonchev–Trinajstić information content (AvgIpc) is 2.82. The highest BCUT2D eigenvalue weighted by molar-refractivity contribution is 7.15. The lowest BCUT2D eigenvalue weighted by atomic mass is 10.2. The Hall–Kier alpha value is -1.92. The van der Waals surface area contributed by atoms with Crippen LogP contribution in [0.25, 0.3) is 0 Å². The standard InChI is InChI=1S/C14H18N4OS/c15-13(19)6-7-18(9-11-4-2-1-3-5-11)10-12-8-17-14(16)20-12/h1-5,8H,6-7,9-10H2,(H2,15,19)(H2,16,17). The molecule has 6 heteroatoms. The van der Waals surface area contributed by atoms with Crippen molar-refractivity contribution in [3.05, 3.63) is 47.0 Å². The molecule has 106 valence electrons. The van der Waals surface area contributed by atoms with Crippen LogP contribution < -0.4 is 11.5 Å². The van der Waals surface area contributed by atoms with E-state index >= 15 is 0 Å². The molecule has 2 aromatic rings. The molecule has 0 radical (unpaired) electrons. The van der Waals surface area contributed by atoms with E-state index in [0.29, 0.717) is 18.1 Å². The monoisotopic (exact) mass is 290 g/mol. The Labute approximate surface area is 122 Å². The third-order valence-corrected chi connectivity index (χ3v) is 3.69. The molecule has 4 N–H and O–H groups in total. The highest BCUT2D eigenvalue weighted by Gasteiger charge is 2.10. The summed E-state index contributed by atoms with van der Waals surface area (Å²) in [5, 5.41) is 0.564. The van der Waals surface area contributed by atoms with Crippen molar-refractivity contribution < 1.29 is 4.79 Å². The van der Waals surface area contributed by atoms with Crippen LogP contribution in [-0.4, -0.2) is 22.3 Å². The van der Waals surface area contributed by atoms with Crippen LogP contribution in [0, 0.1) is 0 Å². The van der Waals surface area contributed by atoms with Crippen molar-refractivity contribution in [1.29, 1.82) is 0 Å². The molecule has 0 aliphatic carbocycles. The fourth-order valence-corrected chi connectivity index (χ4v) is 2.67. The van der Waals surface area contributed by atoms with Gasteiger partial charge in [-0.2, -0.15) is 0 Å². The maximum Gasteiger partial charge on any atom is 0.218 e. The highest BCUT2D eigenvalue weighted by atomic mass is 32.1. The van der Waals surface area contributed by atoms with Crippen molar-refractivity contribution in [3.63, 3.8) is 0 Å². The molecule has 2 rings (SSSR count). The Bertz CT molecular complexity index is 555. The van der Waals surface area contributed by atoms with Crippen molar-refractivity contribution in [3.8, 4) is 0 Å². The summed E-state index contributed by atoms with van der Waals surface area (Å²) in [6, 6.07) is 10.1. The number of carbonyl (C=O) groups excluding carboxylic acids is 1. The molecule has 0 unspecified atom stereocenters. The van der Waals surface area contributed by atoms with Crippen molar-refractivity contribution >= 4 is 22.4 Å². The highest BCUT2D eigenvalue weighted by Crippen LogP contribution is 2.18. The number of nitrogens with two attached hydrogens (primary N) is 2. The number of hydrogen-bond donors (Lipinski definition) is 2. The van der Waals surface area contributed by atoms with Crippen LogP contribution in [0.5, 0.6) is 0 Å². The van der Waals surface area contributed by atoms with E-state index in [1.807, 2.05) is 18.2 Å². The summed E-state index contributed by atoms with van der Waals surface area (Å²) in [4.78, 5) is 18.3. The molecule has 0 spiro atoms. The number of nitrogens with zero attached hydrogens (tertiary/aromatic N) is 2. The van der Waals surface area contributed by atoms with Crippen LogP contribution >= 0.6 is 11.3 Å². The molecule has 20 heavy (non-hydrogen) atoms. The average molecular weight is 290 g/mol. The predicted octanol–water partition coefficient (Wildman–Crippen LogP) is 1.60. The van der Waals surface area contributed by atoms with Gasteiger partial charge < -0.3 is 11.5 Å². The zero-order valence-corrected chi connectivity index (χ0v) is 12.0. The van der Waals surface area contributed by atoms with Gasteiger partial charge in [-0.25, -0.2) is 4.98 Å². The fraction of sp³-hybridized carbons (Fsp3) is 0.286. The number of thiazole rings is 1. The minimum absolute atomic E-state index is 0.285. The third-order valence-electron chi connectivity index (χ3n) is 2.87.